The van der Waals surface area contributed by atoms with Crippen molar-refractivity contribution in [3.05, 3.63) is 78.3 Å². The highest BCUT2D eigenvalue weighted by Gasteiger charge is 2.30. The highest BCUT2D eigenvalue weighted by atomic mass is 16.5. The maximum atomic E-state index is 13.8. The lowest BCUT2D eigenvalue weighted by atomic mass is 9.96. The van der Waals surface area contributed by atoms with E-state index in [9.17, 15) is 4.79 Å². The molecule has 8 nitrogen and oxygen atoms in total. The molecule has 1 fully saturated rings. The summed E-state index contributed by atoms with van der Waals surface area (Å²) in [7, 11) is 4.89. The standard InChI is InChI=1S/C34H42N4O4/c1-6-7-10-28(26-12-14-27(15-13-26)33-31(41-4)22-30(40-3)23-32(33)42-5)24-38(35-2)34(39)37-20-9-8-11-29(37)21-25-16-18-36-19-17-25/h12-19,22-24,29H,2,6-11,20-21H2,1,3-5H3/b28-24+. The fourth-order valence-electron chi connectivity index (χ4n) is 5.48. The number of likely N-dealkylation sites (tertiary alicyclic amines) is 1. The van der Waals surface area contributed by atoms with E-state index in [0.717, 1.165) is 67.2 Å². The third-order valence-electron chi connectivity index (χ3n) is 7.78. The molecule has 1 aliphatic rings. The Kier molecular flexibility index (Phi) is 11.0. The van der Waals surface area contributed by atoms with Gasteiger partial charge in [-0.1, -0.05) is 37.6 Å². The number of piperidine rings is 1. The molecular formula is C34H42N4O4. The van der Waals surface area contributed by atoms with E-state index in [1.807, 2.05) is 47.5 Å². The third-order valence-corrected chi connectivity index (χ3v) is 7.78. The summed E-state index contributed by atoms with van der Waals surface area (Å²) >= 11 is 0. The Morgan fingerprint density at radius 1 is 1.05 bits per heavy atom. The molecule has 2 amide bonds. The highest BCUT2D eigenvalue weighted by molar-refractivity contribution is 5.81. The van der Waals surface area contributed by atoms with Crippen LogP contribution in [0.4, 0.5) is 4.79 Å². The number of rotatable bonds is 12. The molecule has 4 rings (SSSR count). The number of unbranched alkanes of at least 4 members (excludes halogenated alkanes) is 1. The number of methoxy groups -OCH3 is 3. The molecule has 1 aromatic heterocycles. The van der Waals surface area contributed by atoms with Crippen LogP contribution in [-0.2, 0) is 6.42 Å². The minimum atomic E-state index is -0.137. The molecule has 2 heterocycles. The number of hydrazone groups is 1. The average molecular weight is 571 g/mol. The van der Waals surface area contributed by atoms with Gasteiger partial charge in [-0.3, -0.25) is 4.98 Å². The van der Waals surface area contributed by atoms with E-state index in [1.54, 1.807) is 33.7 Å². The zero-order valence-corrected chi connectivity index (χ0v) is 25.2. The quantitative estimate of drug-likeness (QED) is 0.167. The number of allylic oxidation sites excluding steroid dienone is 1. The predicted molar refractivity (Wildman–Crippen MR) is 168 cm³/mol. The maximum absolute atomic E-state index is 13.8. The molecule has 0 N–H and O–H groups in total. The fourth-order valence-corrected chi connectivity index (χ4v) is 5.48. The van der Waals surface area contributed by atoms with Gasteiger partial charge in [-0.15, -0.1) is 0 Å². The van der Waals surface area contributed by atoms with Crippen LogP contribution in [-0.4, -0.2) is 61.6 Å². The molecule has 1 saturated heterocycles. The largest absolute Gasteiger partial charge is 0.496 e. The van der Waals surface area contributed by atoms with Crippen molar-refractivity contribution < 1.29 is 19.0 Å². The van der Waals surface area contributed by atoms with Gasteiger partial charge in [-0.05, 0) is 72.9 Å². The summed E-state index contributed by atoms with van der Waals surface area (Å²) in [6.07, 6.45) is 12.1. The number of carbonyl (C=O) groups is 1. The molecule has 1 atom stereocenters. The Morgan fingerprint density at radius 3 is 2.33 bits per heavy atom. The Morgan fingerprint density at radius 2 is 1.74 bits per heavy atom. The molecule has 42 heavy (non-hydrogen) atoms. The van der Waals surface area contributed by atoms with Crippen LogP contribution in [0.25, 0.3) is 16.7 Å². The fraction of sp³-hybridized carbons (Fsp3) is 0.382. The normalized spacial score (nSPS) is 15.2. The summed E-state index contributed by atoms with van der Waals surface area (Å²) in [6, 6.07) is 15.9. The number of nitrogens with zero attached hydrogens (tertiary/aromatic N) is 4. The van der Waals surface area contributed by atoms with Crippen LogP contribution in [0.2, 0.25) is 0 Å². The number of aromatic nitrogens is 1. The van der Waals surface area contributed by atoms with Crippen molar-refractivity contribution in [1.82, 2.24) is 14.9 Å². The third kappa shape index (κ3) is 7.29. The van der Waals surface area contributed by atoms with Gasteiger partial charge in [0.15, 0.2) is 0 Å². The molecule has 0 bridgehead atoms. The first kappa shape index (κ1) is 30.6. The summed E-state index contributed by atoms with van der Waals surface area (Å²) in [5.41, 5.74) is 5.03. The van der Waals surface area contributed by atoms with E-state index in [2.05, 4.69) is 35.9 Å². The summed E-state index contributed by atoms with van der Waals surface area (Å²) in [6.45, 7) is 6.63. The first-order chi connectivity index (χ1) is 20.5. The zero-order chi connectivity index (χ0) is 29.9. The number of hydrogen-bond donors (Lipinski definition) is 0. The number of carbonyl (C=O) groups excluding carboxylic acids is 1. The van der Waals surface area contributed by atoms with Gasteiger partial charge in [0.2, 0.25) is 0 Å². The van der Waals surface area contributed by atoms with Gasteiger partial charge < -0.3 is 19.1 Å². The van der Waals surface area contributed by atoms with Crippen LogP contribution in [0.1, 0.15) is 56.6 Å². The summed E-state index contributed by atoms with van der Waals surface area (Å²) in [4.78, 5) is 19.9. The summed E-state index contributed by atoms with van der Waals surface area (Å²) in [5.74, 6) is 1.99. The highest BCUT2D eigenvalue weighted by Crippen LogP contribution is 2.42. The van der Waals surface area contributed by atoms with Crippen molar-refractivity contribution in [2.24, 2.45) is 5.10 Å². The number of ether oxygens (including phenoxy) is 3. The van der Waals surface area contributed by atoms with Crippen molar-refractivity contribution in [3.63, 3.8) is 0 Å². The second-order valence-electron chi connectivity index (χ2n) is 10.4. The maximum Gasteiger partial charge on any atom is 0.344 e. The van der Waals surface area contributed by atoms with Crippen LogP contribution in [0.15, 0.2) is 72.2 Å². The average Bonchev–Trinajstić information content (AvgIpc) is 3.04. The molecule has 1 aliphatic heterocycles. The van der Waals surface area contributed by atoms with E-state index in [0.29, 0.717) is 23.8 Å². The first-order valence-electron chi connectivity index (χ1n) is 14.6. The second kappa shape index (κ2) is 15.1. The number of amides is 2. The van der Waals surface area contributed by atoms with E-state index >= 15 is 0 Å². The first-order valence-corrected chi connectivity index (χ1v) is 14.6. The second-order valence-corrected chi connectivity index (χ2v) is 10.4. The van der Waals surface area contributed by atoms with Crippen molar-refractivity contribution in [1.29, 1.82) is 0 Å². The van der Waals surface area contributed by atoms with E-state index in [4.69, 9.17) is 14.2 Å². The lowest BCUT2D eigenvalue weighted by Crippen LogP contribution is -2.48. The lowest BCUT2D eigenvalue weighted by molar-refractivity contribution is 0.128. The van der Waals surface area contributed by atoms with Gasteiger partial charge in [0, 0.05) is 50.0 Å². The zero-order valence-electron chi connectivity index (χ0n) is 25.2. The van der Waals surface area contributed by atoms with E-state index < -0.39 is 0 Å². The Labute approximate surface area is 249 Å². The molecule has 0 aliphatic carbocycles. The van der Waals surface area contributed by atoms with Crippen molar-refractivity contribution >= 4 is 18.3 Å². The van der Waals surface area contributed by atoms with E-state index in [-0.39, 0.29) is 12.1 Å². The van der Waals surface area contributed by atoms with Gasteiger partial charge in [0.1, 0.15) is 17.2 Å². The van der Waals surface area contributed by atoms with Crippen LogP contribution in [0, 0.1) is 0 Å². The van der Waals surface area contributed by atoms with Gasteiger partial charge in [0.25, 0.3) is 0 Å². The number of hydrogen-bond acceptors (Lipinski definition) is 6. The Balaban J connectivity index is 1.62. The van der Waals surface area contributed by atoms with Crippen molar-refractivity contribution in [2.75, 3.05) is 27.9 Å². The lowest BCUT2D eigenvalue weighted by Gasteiger charge is -2.37. The molecular weight excluding hydrogens is 528 g/mol. The van der Waals surface area contributed by atoms with Crippen LogP contribution in [0.5, 0.6) is 17.2 Å². The topological polar surface area (TPSA) is 76.5 Å². The van der Waals surface area contributed by atoms with Crippen molar-refractivity contribution in [3.8, 4) is 28.4 Å². The molecule has 222 valence electrons. The summed E-state index contributed by atoms with van der Waals surface area (Å²) in [5, 5.41) is 5.58. The Bertz CT molecular complexity index is 1330. The minimum Gasteiger partial charge on any atom is -0.496 e. The van der Waals surface area contributed by atoms with Crippen LogP contribution in [0.3, 0.4) is 0 Å². The SMILES string of the molecule is C=NN(/C=C(\CCCC)c1ccc(-c2c(OC)cc(OC)cc2OC)cc1)C(=O)N1CCCCC1Cc1ccncc1. The number of urea groups is 1. The molecule has 2 aromatic carbocycles. The van der Waals surface area contributed by atoms with E-state index in [1.165, 1.54) is 10.6 Å². The van der Waals surface area contributed by atoms with Crippen molar-refractivity contribution in [2.45, 2.75) is 57.9 Å². The van der Waals surface area contributed by atoms with Gasteiger partial charge in [0.05, 0.1) is 26.9 Å². The Hall–Kier alpha value is -4.33. The summed E-state index contributed by atoms with van der Waals surface area (Å²) < 4.78 is 16.7. The monoisotopic (exact) mass is 570 g/mol. The number of pyridine rings is 1. The van der Waals surface area contributed by atoms with Gasteiger partial charge in [-0.25, -0.2) is 4.79 Å². The predicted octanol–water partition coefficient (Wildman–Crippen LogP) is 7.44. The molecule has 0 radical (unpaired) electrons. The smallest absolute Gasteiger partial charge is 0.344 e. The minimum absolute atomic E-state index is 0.110. The molecule has 8 heteroatoms. The van der Waals surface area contributed by atoms with Gasteiger partial charge in [-0.2, -0.15) is 10.1 Å². The van der Waals surface area contributed by atoms with Gasteiger partial charge >= 0.3 is 6.03 Å². The van der Waals surface area contributed by atoms with Crippen LogP contribution >= 0.6 is 0 Å². The number of benzene rings is 2. The molecule has 1 unspecified atom stereocenters. The molecule has 0 spiro atoms. The molecule has 0 saturated carbocycles. The van der Waals surface area contributed by atoms with Crippen LogP contribution < -0.4 is 14.2 Å². The molecule has 3 aromatic rings.